The Morgan fingerprint density at radius 2 is 1.95 bits per heavy atom. The lowest BCUT2D eigenvalue weighted by molar-refractivity contribution is 0.122. The molecule has 0 bridgehead atoms. The molecular formula is C16H21N3O. The van der Waals surface area contributed by atoms with E-state index in [2.05, 4.69) is 36.9 Å². The molecular weight excluding hydrogens is 250 g/mol. The molecule has 0 aliphatic carbocycles. The lowest BCUT2D eigenvalue weighted by atomic mass is 10.1. The summed E-state index contributed by atoms with van der Waals surface area (Å²) >= 11 is 0. The Hall–Kier alpha value is -1.81. The maximum atomic E-state index is 6.21. The number of ether oxygens (including phenoxy) is 1. The minimum absolute atomic E-state index is 0.389. The summed E-state index contributed by atoms with van der Waals surface area (Å²) in [6.45, 7) is 7.72. The summed E-state index contributed by atoms with van der Waals surface area (Å²) in [7, 11) is 0. The fraction of sp³-hybridized carbons (Fsp3) is 0.438. The Morgan fingerprint density at radius 1 is 1.20 bits per heavy atom. The number of morpholine rings is 1. The average Bonchev–Trinajstić information content (AvgIpc) is 2.47. The van der Waals surface area contributed by atoms with Gasteiger partial charge in [0.05, 0.1) is 18.7 Å². The molecule has 0 saturated carbocycles. The van der Waals surface area contributed by atoms with Gasteiger partial charge in [-0.05, 0) is 30.2 Å². The number of fused-ring (bicyclic) bond motifs is 1. The standard InChI is InChI=1S/C16H21N3O/c1-11(2)16-10-14(17)13-9-12(3-4-15(13)18-16)19-5-7-20-8-6-19/h3-4,9-11H,5-8H2,1-2H3,(H2,17,18). The van der Waals surface area contributed by atoms with E-state index in [1.807, 2.05) is 6.07 Å². The van der Waals surface area contributed by atoms with E-state index in [1.54, 1.807) is 0 Å². The van der Waals surface area contributed by atoms with Crippen LogP contribution in [0.1, 0.15) is 25.5 Å². The van der Waals surface area contributed by atoms with Crippen LogP contribution in [0.2, 0.25) is 0 Å². The molecule has 1 aromatic heterocycles. The van der Waals surface area contributed by atoms with Gasteiger partial charge in [0.2, 0.25) is 0 Å². The molecule has 2 N–H and O–H groups in total. The van der Waals surface area contributed by atoms with Crippen molar-refractivity contribution in [2.45, 2.75) is 19.8 Å². The van der Waals surface area contributed by atoms with Gasteiger partial charge in [0.25, 0.3) is 0 Å². The monoisotopic (exact) mass is 271 g/mol. The number of rotatable bonds is 2. The first kappa shape index (κ1) is 13.2. The summed E-state index contributed by atoms with van der Waals surface area (Å²) < 4.78 is 5.40. The molecule has 0 amide bonds. The van der Waals surface area contributed by atoms with Crippen molar-refractivity contribution in [3.8, 4) is 0 Å². The summed E-state index contributed by atoms with van der Waals surface area (Å²) in [6.07, 6.45) is 0. The Balaban J connectivity index is 2.02. The molecule has 0 spiro atoms. The predicted molar refractivity (Wildman–Crippen MR) is 83.3 cm³/mol. The van der Waals surface area contributed by atoms with Crippen molar-refractivity contribution >= 4 is 22.3 Å². The Bertz CT molecular complexity index is 618. The van der Waals surface area contributed by atoms with E-state index in [0.717, 1.165) is 48.6 Å². The van der Waals surface area contributed by atoms with E-state index < -0.39 is 0 Å². The zero-order chi connectivity index (χ0) is 14.1. The Kier molecular flexibility index (Phi) is 3.49. The van der Waals surface area contributed by atoms with Crippen LogP contribution in [0.5, 0.6) is 0 Å². The smallest absolute Gasteiger partial charge is 0.0727 e. The van der Waals surface area contributed by atoms with E-state index in [0.29, 0.717) is 5.92 Å². The first-order valence-electron chi connectivity index (χ1n) is 7.18. The largest absolute Gasteiger partial charge is 0.398 e. The van der Waals surface area contributed by atoms with Gasteiger partial charge in [0.15, 0.2) is 0 Å². The summed E-state index contributed by atoms with van der Waals surface area (Å²) in [5.41, 5.74) is 10.3. The molecule has 1 aliphatic rings. The zero-order valence-electron chi connectivity index (χ0n) is 12.1. The Morgan fingerprint density at radius 3 is 2.65 bits per heavy atom. The van der Waals surface area contributed by atoms with Gasteiger partial charge >= 0.3 is 0 Å². The van der Waals surface area contributed by atoms with Crippen molar-refractivity contribution in [1.29, 1.82) is 0 Å². The van der Waals surface area contributed by atoms with Gasteiger partial charge < -0.3 is 15.4 Å². The van der Waals surface area contributed by atoms with Crippen LogP contribution in [0, 0.1) is 0 Å². The third kappa shape index (κ3) is 2.43. The lowest BCUT2D eigenvalue weighted by Gasteiger charge is -2.29. The number of pyridine rings is 1. The summed E-state index contributed by atoms with van der Waals surface area (Å²) in [5, 5.41) is 1.04. The average molecular weight is 271 g/mol. The van der Waals surface area contributed by atoms with Gasteiger partial charge in [-0.25, -0.2) is 0 Å². The van der Waals surface area contributed by atoms with Crippen molar-refractivity contribution in [2.24, 2.45) is 0 Å². The van der Waals surface area contributed by atoms with Crippen molar-refractivity contribution in [2.75, 3.05) is 36.9 Å². The molecule has 2 aromatic rings. The van der Waals surface area contributed by atoms with E-state index in [1.165, 1.54) is 5.69 Å². The number of anilines is 2. The molecule has 4 heteroatoms. The molecule has 2 heterocycles. The van der Waals surface area contributed by atoms with Gasteiger partial charge in [-0.15, -0.1) is 0 Å². The second kappa shape index (κ2) is 5.29. The second-order valence-corrected chi connectivity index (χ2v) is 5.59. The first-order chi connectivity index (χ1) is 9.65. The van der Waals surface area contributed by atoms with Crippen LogP contribution in [0.15, 0.2) is 24.3 Å². The summed E-state index contributed by atoms with van der Waals surface area (Å²) in [6, 6.07) is 8.34. The SMILES string of the molecule is CC(C)c1cc(N)c2cc(N3CCOCC3)ccc2n1. The van der Waals surface area contributed by atoms with E-state index in [-0.39, 0.29) is 0 Å². The van der Waals surface area contributed by atoms with Crippen LogP contribution in [-0.4, -0.2) is 31.3 Å². The number of nitrogens with zero attached hydrogens (tertiary/aromatic N) is 2. The van der Waals surface area contributed by atoms with Crippen molar-refractivity contribution in [1.82, 2.24) is 4.98 Å². The highest BCUT2D eigenvalue weighted by atomic mass is 16.5. The van der Waals surface area contributed by atoms with Crippen molar-refractivity contribution < 1.29 is 4.74 Å². The molecule has 4 nitrogen and oxygen atoms in total. The zero-order valence-corrected chi connectivity index (χ0v) is 12.1. The molecule has 20 heavy (non-hydrogen) atoms. The third-order valence-corrected chi connectivity index (χ3v) is 3.81. The van der Waals surface area contributed by atoms with Crippen LogP contribution in [-0.2, 0) is 4.74 Å². The number of aromatic nitrogens is 1. The summed E-state index contributed by atoms with van der Waals surface area (Å²) in [4.78, 5) is 7.03. The van der Waals surface area contributed by atoms with E-state index >= 15 is 0 Å². The van der Waals surface area contributed by atoms with E-state index in [4.69, 9.17) is 15.5 Å². The molecule has 1 aromatic carbocycles. The normalized spacial score (nSPS) is 16.1. The van der Waals surface area contributed by atoms with Crippen LogP contribution in [0.25, 0.3) is 10.9 Å². The Labute approximate surface area is 119 Å². The van der Waals surface area contributed by atoms with Crippen LogP contribution < -0.4 is 10.6 Å². The first-order valence-corrected chi connectivity index (χ1v) is 7.18. The maximum absolute atomic E-state index is 6.21. The highest BCUT2D eigenvalue weighted by Gasteiger charge is 2.13. The van der Waals surface area contributed by atoms with Gasteiger partial charge in [0.1, 0.15) is 0 Å². The number of nitrogens with two attached hydrogens (primary N) is 1. The van der Waals surface area contributed by atoms with Gasteiger partial charge in [-0.3, -0.25) is 4.98 Å². The fourth-order valence-electron chi connectivity index (χ4n) is 2.58. The molecule has 1 fully saturated rings. The highest BCUT2D eigenvalue weighted by molar-refractivity contribution is 5.92. The molecule has 1 saturated heterocycles. The minimum atomic E-state index is 0.389. The second-order valence-electron chi connectivity index (χ2n) is 5.59. The molecule has 0 radical (unpaired) electrons. The number of hydrogen-bond donors (Lipinski definition) is 1. The van der Waals surface area contributed by atoms with E-state index in [9.17, 15) is 0 Å². The number of benzene rings is 1. The summed E-state index contributed by atoms with van der Waals surface area (Å²) in [5.74, 6) is 0.389. The van der Waals surface area contributed by atoms with Crippen molar-refractivity contribution in [3.63, 3.8) is 0 Å². The third-order valence-electron chi connectivity index (χ3n) is 3.81. The topological polar surface area (TPSA) is 51.4 Å². The van der Waals surface area contributed by atoms with Gasteiger partial charge in [-0.1, -0.05) is 13.8 Å². The van der Waals surface area contributed by atoms with Crippen LogP contribution in [0.3, 0.4) is 0 Å². The molecule has 106 valence electrons. The quantitative estimate of drug-likeness (QED) is 0.912. The van der Waals surface area contributed by atoms with Crippen LogP contribution >= 0.6 is 0 Å². The molecule has 0 unspecified atom stereocenters. The molecule has 3 rings (SSSR count). The van der Waals surface area contributed by atoms with Gasteiger partial charge in [-0.2, -0.15) is 0 Å². The van der Waals surface area contributed by atoms with Crippen LogP contribution in [0.4, 0.5) is 11.4 Å². The maximum Gasteiger partial charge on any atom is 0.0727 e. The lowest BCUT2D eigenvalue weighted by Crippen LogP contribution is -2.36. The number of hydrogen-bond acceptors (Lipinski definition) is 4. The number of nitrogen functional groups attached to an aromatic ring is 1. The molecule has 0 atom stereocenters. The van der Waals surface area contributed by atoms with Gasteiger partial charge in [0, 0.05) is 35.5 Å². The fourth-order valence-corrected chi connectivity index (χ4v) is 2.58. The molecule has 1 aliphatic heterocycles. The highest BCUT2D eigenvalue weighted by Crippen LogP contribution is 2.28. The van der Waals surface area contributed by atoms with Crippen molar-refractivity contribution in [3.05, 3.63) is 30.0 Å². The minimum Gasteiger partial charge on any atom is -0.398 e. The predicted octanol–water partition coefficient (Wildman–Crippen LogP) is 2.78.